The fourth-order valence-electron chi connectivity index (χ4n) is 22.5. The van der Waals surface area contributed by atoms with Crippen LogP contribution in [0.4, 0.5) is 0 Å². The molecule has 6 unspecified atom stereocenters. The lowest BCUT2D eigenvalue weighted by atomic mass is 9.71. The van der Waals surface area contributed by atoms with Gasteiger partial charge in [0.05, 0.1) is 0 Å². The zero-order chi connectivity index (χ0) is 53.5. The van der Waals surface area contributed by atoms with E-state index in [1.54, 1.807) is 302 Å². The molecular weight excluding hydrogens is 949 g/mol. The molecule has 0 radical (unpaired) electrons. The summed E-state index contributed by atoms with van der Waals surface area (Å²) in [7, 11) is 0. The van der Waals surface area contributed by atoms with Crippen LogP contribution in [0.5, 0.6) is 0 Å². The first-order valence-electron chi connectivity index (χ1n) is 39.0. The molecule has 18 bridgehead atoms. The minimum atomic E-state index is 1.13. The number of fused-ring (bicyclic) bond motifs is 24. The monoisotopic (exact) mass is 1090 g/mol. The van der Waals surface area contributed by atoms with Gasteiger partial charge in [-0.15, -0.1) is 0 Å². The molecule has 0 aliphatic heterocycles. The number of rotatable bonds is 0. The van der Waals surface area contributed by atoms with Gasteiger partial charge < -0.3 is 0 Å². The van der Waals surface area contributed by atoms with E-state index in [4.69, 9.17) is 0 Å². The van der Waals surface area contributed by atoms with E-state index in [-0.39, 0.29) is 0 Å². The van der Waals surface area contributed by atoms with Crippen molar-refractivity contribution in [1.29, 1.82) is 0 Å². The largest absolute Gasteiger partial charge is 0.0530 e. The molecule has 0 spiro atoms. The van der Waals surface area contributed by atoms with Crippen LogP contribution in [-0.4, -0.2) is 0 Å². The van der Waals surface area contributed by atoms with Crippen LogP contribution >= 0.6 is 0 Å². The molecule has 21 aliphatic rings. The van der Waals surface area contributed by atoms with Crippen LogP contribution in [-0.2, 0) is 0 Å². The van der Waals surface area contributed by atoms with Gasteiger partial charge in [0.15, 0.2) is 0 Å². The first-order chi connectivity index (χ1) is 39.0. The summed E-state index contributed by atoms with van der Waals surface area (Å²) in [4.78, 5) is 0. The van der Waals surface area contributed by atoms with Gasteiger partial charge in [-0.2, -0.15) is 0 Å². The summed E-state index contributed by atoms with van der Waals surface area (Å²) in [6.45, 7) is 0. The fraction of sp³-hybridized carbons (Fsp3) is 1.00. The maximum atomic E-state index is 1.58. The SMILES string of the molecule is C1CC2CCC(C1)C2.C1CC2CCC1C2.C1CC2CCC1CC2.C1CC2CCCC(C1)C2.C1CC2CCCC(C1)CC2.C1CCC2CC(C1)C2.C1CCC2CCC(C1)C2.C1CCC2CCC(C1)CC2.C1CCC2CCCC(C1)C2. The molecular formula is C79H140. The van der Waals surface area contributed by atoms with Gasteiger partial charge in [0.25, 0.3) is 0 Å². The van der Waals surface area contributed by atoms with Gasteiger partial charge >= 0.3 is 0 Å². The first kappa shape index (κ1) is 62.1. The van der Waals surface area contributed by atoms with Crippen molar-refractivity contribution in [3.8, 4) is 0 Å². The van der Waals surface area contributed by atoms with Crippen LogP contribution in [0.1, 0.15) is 392 Å². The van der Waals surface area contributed by atoms with Crippen LogP contribution < -0.4 is 0 Å². The van der Waals surface area contributed by atoms with Crippen molar-refractivity contribution in [2.24, 2.45) is 107 Å². The van der Waals surface area contributed by atoms with E-state index in [2.05, 4.69) is 0 Å². The minimum absolute atomic E-state index is 1.13. The van der Waals surface area contributed by atoms with Gasteiger partial charge in [0.1, 0.15) is 0 Å². The van der Waals surface area contributed by atoms with Gasteiger partial charge in [-0.25, -0.2) is 0 Å². The molecule has 21 rings (SSSR count). The Morgan fingerprint density at radius 3 is 0.392 bits per heavy atom. The molecule has 0 aromatic rings. The summed E-state index contributed by atoms with van der Waals surface area (Å²) in [6.07, 6.45) is 94.8. The molecule has 0 N–H and O–H groups in total. The Morgan fingerprint density at radius 1 is 0.0759 bits per heavy atom. The highest BCUT2D eigenvalue weighted by Crippen LogP contribution is 2.47. The first-order valence-corrected chi connectivity index (χ1v) is 39.0. The van der Waals surface area contributed by atoms with Crippen molar-refractivity contribution in [3.05, 3.63) is 0 Å². The molecule has 0 saturated heterocycles. The summed E-state index contributed by atoms with van der Waals surface area (Å²) >= 11 is 0. The second kappa shape index (κ2) is 35.0. The molecule has 0 amide bonds. The predicted molar refractivity (Wildman–Crippen MR) is 344 cm³/mol. The van der Waals surface area contributed by atoms with E-state index in [0.717, 1.165) is 82.9 Å². The van der Waals surface area contributed by atoms with Crippen molar-refractivity contribution < 1.29 is 0 Å². The Morgan fingerprint density at radius 2 is 0.177 bits per heavy atom. The summed E-state index contributed by atoms with van der Waals surface area (Å²) in [6, 6.07) is 0. The Bertz CT molecular complexity index is 1370. The normalized spacial score (nSPS) is 43.1. The van der Waals surface area contributed by atoms with Crippen molar-refractivity contribution >= 4 is 0 Å². The Hall–Kier alpha value is 0. The molecule has 21 fully saturated rings. The maximum Gasteiger partial charge on any atom is -0.0409 e. The third kappa shape index (κ3) is 22.3. The topological polar surface area (TPSA) is 0 Å². The van der Waals surface area contributed by atoms with Crippen molar-refractivity contribution in [2.75, 3.05) is 0 Å². The minimum Gasteiger partial charge on any atom is -0.0530 e. The van der Waals surface area contributed by atoms with Crippen LogP contribution in [0.15, 0.2) is 0 Å². The standard InChI is InChI=1S/3C10H18.2C9H16.3C8H14.C7H12/c1-3-9-5-2-6-10(4-1)8-7-9;1-2-5-10-7-3-6-9(4-1)8-10;1-2-4-10-7-5-9(3-1)6-8-10;1-3-8-5-2-6-9(4-1)7-8;1-2-4-9-6-5-8(3-1)7-9;1-2-8-5-3-7(1)4-6-8;1-2-7-4-5-8(3-1)6-7;1-2-4-8-5-7(3-1)6-8;1-2-7-4-3-6(1)5-7/h3*9-10H,1-8H2;2*8-9H,1-7H2;3*7-8H,1-6H2;6-7H,1-5H2. The van der Waals surface area contributed by atoms with E-state index in [0.29, 0.717) is 0 Å². The van der Waals surface area contributed by atoms with Crippen LogP contribution in [0.2, 0.25) is 0 Å². The number of hydrogen-bond donors (Lipinski definition) is 0. The smallest absolute Gasteiger partial charge is 0.0409 e. The predicted octanol–water partition coefficient (Wildman–Crippen LogP) is 26.0. The second-order valence-electron chi connectivity index (χ2n) is 33.7. The quantitative estimate of drug-likeness (QED) is 0.227. The van der Waals surface area contributed by atoms with E-state index in [1.165, 1.54) is 114 Å². The molecule has 0 heterocycles. The molecule has 0 aromatic carbocycles. The van der Waals surface area contributed by atoms with Crippen LogP contribution in [0.25, 0.3) is 0 Å². The molecule has 21 saturated carbocycles. The molecule has 0 nitrogen and oxygen atoms in total. The molecule has 21 aliphatic carbocycles. The third-order valence-electron chi connectivity index (χ3n) is 27.7. The second-order valence-corrected chi connectivity index (χ2v) is 33.7. The van der Waals surface area contributed by atoms with Gasteiger partial charge in [-0.3, -0.25) is 0 Å². The average Bonchev–Trinajstić information content (AvgIpc) is 4.01. The average molecular weight is 1090 g/mol. The third-order valence-corrected chi connectivity index (χ3v) is 27.7. The number of hydrogen-bond acceptors (Lipinski definition) is 0. The maximum absolute atomic E-state index is 1.58. The van der Waals surface area contributed by atoms with E-state index >= 15 is 0 Å². The molecule has 456 valence electrons. The van der Waals surface area contributed by atoms with E-state index < -0.39 is 0 Å². The fourth-order valence-corrected chi connectivity index (χ4v) is 22.5. The summed E-state index contributed by atoms with van der Waals surface area (Å²) < 4.78 is 0. The highest BCUT2D eigenvalue weighted by molar-refractivity contribution is 4.86. The Labute approximate surface area is 495 Å². The van der Waals surface area contributed by atoms with Gasteiger partial charge in [0, 0.05) is 0 Å². The zero-order valence-electron chi connectivity index (χ0n) is 53.5. The Balaban J connectivity index is 0.000000100. The van der Waals surface area contributed by atoms with Crippen molar-refractivity contribution in [2.45, 2.75) is 392 Å². The lowest BCUT2D eigenvalue weighted by molar-refractivity contribution is 0.176. The van der Waals surface area contributed by atoms with Gasteiger partial charge in [-0.05, 0) is 151 Å². The van der Waals surface area contributed by atoms with Gasteiger partial charge in [-0.1, -0.05) is 347 Å². The van der Waals surface area contributed by atoms with E-state index in [9.17, 15) is 0 Å². The summed E-state index contributed by atoms with van der Waals surface area (Å²) in [5, 5.41) is 0. The van der Waals surface area contributed by atoms with Crippen LogP contribution in [0.3, 0.4) is 0 Å². The lowest BCUT2D eigenvalue weighted by Crippen LogP contribution is -2.21. The van der Waals surface area contributed by atoms with Crippen molar-refractivity contribution in [1.82, 2.24) is 0 Å². The Kier molecular flexibility index (Phi) is 27.5. The molecule has 0 aromatic heterocycles. The summed E-state index contributed by atoms with van der Waals surface area (Å²) in [5.74, 6) is 20.7. The highest BCUT2D eigenvalue weighted by atomic mass is 14.4. The molecule has 79 heavy (non-hydrogen) atoms. The van der Waals surface area contributed by atoms with Crippen molar-refractivity contribution in [3.63, 3.8) is 0 Å². The molecule has 6 atom stereocenters. The van der Waals surface area contributed by atoms with E-state index in [1.807, 2.05) is 0 Å². The van der Waals surface area contributed by atoms with Crippen LogP contribution in [0, 0.1) is 107 Å². The van der Waals surface area contributed by atoms with Gasteiger partial charge in [0.2, 0.25) is 0 Å². The lowest BCUT2D eigenvalue weighted by Gasteiger charge is -2.35. The molecule has 0 heteroatoms. The zero-order valence-corrected chi connectivity index (χ0v) is 53.5. The summed E-state index contributed by atoms with van der Waals surface area (Å²) in [5.41, 5.74) is 0. The highest BCUT2D eigenvalue weighted by Gasteiger charge is 2.33.